The highest BCUT2D eigenvalue weighted by atomic mass is 32.1. The second-order valence-electron chi connectivity index (χ2n) is 7.90. The maximum absolute atomic E-state index is 13.1. The summed E-state index contributed by atoms with van der Waals surface area (Å²) < 4.78 is 5.56. The van der Waals surface area contributed by atoms with E-state index in [0.29, 0.717) is 22.7 Å². The fourth-order valence-corrected chi connectivity index (χ4v) is 5.13. The fraction of sp³-hybridized carbons (Fsp3) is 0.231. The number of anilines is 2. The highest BCUT2D eigenvalue weighted by molar-refractivity contribution is 7.18. The van der Waals surface area contributed by atoms with E-state index in [1.54, 1.807) is 36.4 Å². The predicted molar refractivity (Wildman–Crippen MR) is 137 cm³/mol. The Labute approximate surface area is 212 Å². The van der Waals surface area contributed by atoms with Crippen molar-refractivity contribution in [3.8, 4) is 11.8 Å². The maximum atomic E-state index is 13.1. The molecule has 0 saturated heterocycles. The first-order chi connectivity index (χ1) is 17.3. The Morgan fingerprint density at radius 2 is 1.78 bits per heavy atom. The van der Waals surface area contributed by atoms with Crippen molar-refractivity contribution in [2.24, 2.45) is 10.2 Å². The SMILES string of the molecule is CCN(CC)c1cc(NC(C)=O)c(N=Nc2sc3c(c2C#N)C(=O)c2ccccc2C3=O)cc1OC. The normalized spacial score (nSPS) is 12.2. The standard InChI is InChI=1S/C26H23N5O4S/c1-5-31(6-2)20-11-18(28-14(3)32)19(12-21(20)35-4)29-30-26-17(13-27)22-23(33)15-9-7-8-10-16(15)24(34)25(22)36-26/h7-12H,5-6H2,1-4H3,(H,28,32). The van der Waals surface area contributed by atoms with E-state index in [-0.39, 0.29) is 38.3 Å². The van der Waals surface area contributed by atoms with Crippen LogP contribution >= 0.6 is 11.3 Å². The molecule has 0 fully saturated rings. The van der Waals surface area contributed by atoms with Crippen LogP contribution in [-0.4, -0.2) is 37.7 Å². The van der Waals surface area contributed by atoms with Crippen LogP contribution in [-0.2, 0) is 4.79 Å². The topological polar surface area (TPSA) is 124 Å². The summed E-state index contributed by atoms with van der Waals surface area (Å²) in [4.78, 5) is 40.3. The number of hydrogen-bond acceptors (Lipinski definition) is 9. The monoisotopic (exact) mass is 501 g/mol. The van der Waals surface area contributed by atoms with Gasteiger partial charge in [0.2, 0.25) is 11.7 Å². The zero-order valence-electron chi connectivity index (χ0n) is 20.2. The number of thiophene rings is 1. The van der Waals surface area contributed by atoms with Gasteiger partial charge in [-0.3, -0.25) is 14.4 Å². The molecule has 4 rings (SSSR count). The summed E-state index contributed by atoms with van der Waals surface area (Å²) in [5, 5.41) is 21.3. The van der Waals surface area contributed by atoms with Crippen LogP contribution in [0.5, 0.6) is 5.75 Å². The van der Waals surface area contributed by atoms with Gasteiger partial charge >= 0.3 is 0 Å². The molecule has 182 valence electrons. The Bertz CT molecular complexity index is 1460. The molecule has 3 aromatic rings. The quantitative estimate of drug-likeness (QED) is 0.328. The second kappa shape index (κ2) is 10.1. The molecule has 0 aliphatic heterocycles. The van der Waals surface area contributed by atoms with Crippen LogP contribution < -0.4 is 15.0 Å². The number of fused-ring (bicyclic) bond motifs is 2. The first-order valence-electron chi connectivity index (χ1n) is 11.3. The zero-order valence-corrected chi connectivity index (χ0v) is 21.0. The van der Waals surface area contributed by atoms with E-state index in [2.05, 4.69) is 20.4 Å². The molecule has 1 aliphatic carbocycles. The molecule has 0 saturated carbocycles. The lowest BCUT2D eigenvalue weighted by atomic mass is 9.87. The van der Waals surface area contributed by atoms with Crippen LogP contribution in [0.2, 0.25) is 0 Å². The third-order valence-corrected chi connectivity index (χ3v) is 6.88. The summed E-state index contributed by atoms with van der Waals surface area (Å²) in [6.45, 7) is 6.86. The number of rotatable bonds is 7. The van der Waals surface area contributed by atoms with Crippen LogP contribution in [0.15, 0.2) is 46.6 Å². The first kappa shape index (κ1) is 24.8. The Morgan fingerprint density at radius 1 is 1.11 bits per heavy atom. The molecule has 0 atom stereocenters. The van der Waals surface area contributed by atoms with Gasteiger partial charge in [0.05, 0.1) is 28.9 Å². The molecule has 10 heteroatoms. The third-order valence-electron chi connectivity index (χ3n) is 5.81. The Morgan fingerprint density at radius 3 is 2.36 bits per heavy atom. The van der Waals surface area contributed by atoms with Crippen LogP contribution in [0, 0.1) is 11.3 Å². The molecular weight excluding hydrogens is 478 g/mol. The Balaban J connectivity index is 1.82. The van der Waals surface area contributed by atoms with Crippen molar-refractivity contribution >= 4 is 50.9 Å². The predicted octanol–water partition coefficient (Wildman–Crippen LogP) is 5.62. The lowest BCUT2D eigenvalue weighted by molar-refractivity contribution is -0.114. The number of nitrogens with zero attached hydrogens (tertiary/aromatic N) is 4. The van der Waals surface area contributed by atoms with Crippen molar-refractivity contribution in [1.29, 1.82) is 5.26 Å². The second-order valence-corrected chi connectivity index (χ2v) is 8.90. The van der Waals surface area contributed by atoms with E-state index in [1.807, 2.05) is 19.9 Å². The molecule has 1 aromatic heterocycles. The van der Waals surface area contributed by atoms with Crippen molar-refractivity contribution < 1.29 is 19.1 Å². The summed E-state index contributed by atoms with van der Waals surface area (Å²) in [5.74, 6) is -0.472. The average Bonchev–Trinajstić information content (AvgIpc) is 3.26. The lowest BCUT2D eigenvalue weighted by Crippen LogP contribution is -2.22. The molecule has 1 aliphatic rings. The van der Waals surface area contributed by atoms with Gasteiger partial charge in [0.15, 0.2) is 10.8 Å². The highest BCUT2D eigenvalue weighted by Gasteiger charge is 2.35. The van der Waals surface area contributed by atoms with Gasteiger partial charge in [0, 0.05) is 37.2 Å². The lowest BCUT2D eigenvalue weighted by Gasteiger charge is -2.24. The third kappa shape index (κ3) is 4.25. The molecule has 0 unspecified atom stereocenters. The molecule has 1 N–H and O–H groups in total. The minimum absolute atomic E-state index is 0.000550. The van der Waals surface area contributed by atoms with Crippen LogP contribution in [0.4, 0.5) is 22.1 Å². The number of nitrogens with one attached hydrogen (secondary N) is 1. The van der Waals surface area contributed by atoms with E-state index in [0.717, 1.165) is 30.1 Å². The van der Waals surface area contributed by atoms with E-state index in [1.165, 1.54) is 14.0 Å². The highest BCUT2D eigenvalue weighted by Crippen LogP contribution is 2.43. The van der Waals surface area contributed by atoms with Crippen molar-refractivity contribution in [3.05, 3.63) is 63.5 Å². The van der Waals surface area contributed by atoms with Crippen LogP contribution in [0.1, 0.15) is 57.5 Å². The minimum Gasteiger partial charge on any atom is -0.494 e. The van der Waals surface area contributed by atoms with Crippen molar-refractivity contribution in [2.75, 3.05) is 30.4 Å². The molecular formula is C26H23N5O4S. The molecule has 2 aromatic carbocycles. The average molecular weight is 502 g/mol. The van der Waals surface area contributed by atoms with Gasteiger partial charge in [-0.15, -0.1) is 21.6 Å². The number of methoxy groups -OCH3 is 1. The van der Waals surface area contributed by atoms with Crippen LogP contribution in [0.3, 0.4) is 0 Å². The minimum atomic E-state index is -0.390. The van der Waals surface area contributed by atoms with E-state index < -0.39 is 5.78 Å². The van der Waals surface area contributed by atoms with Gasteiger partial charge in [0.1, 0.15) is 23.1 Å². The van der Waals surface area contributed by atoms with Crippen molar-refractivity contribution in [3.63, 3.8) is 0 Å². The van der Waals surface area contributed by atoms with Crippen molar-refractivity contribution in [1.82, 2.24) is 0 Å². The van der Waals surface area contributed by atoms with Crippen LogP contribution in [0.25, 0.3) is 0 Å². The number of carbonyl (C=O) groups excluding carboxylic acids is 3. The molecule has 9 nitrogen and oxygen atoms in total. The fourth-order valence-electron chi connectivity index (χ4n) is 4.11. The number of azo groups is 1. The molecule has 0 bridgehead atoms. The number of ketones is 2. The number of nitriles is 1. The summed E-state index contributed by atoms with van der Waals surface area (Å²) in [5.41, 5.74) is 2.11. The van der Waals surface area contributed by atoms with Gasteiger partial charge in [-0.25, -0.2) is 0 Å². The largest absolute Gasteiger partial charge is 0.494 e. The zero-order chi connectivity index (χ0) is 26.0. The summed E-state index contributed by atoms with van der Waals surface area (Å²) >= 11 is 0.946. The van der Waals surface area contributed by atoms with Gasteiger partial charge in [-0.2, -0.15) is 5.26 Å². The summed E-state index contributed by atoms with van der Waals surface area (Å²) in [6.07, 6.45) is 0. The number of hydrogen-bond donors (Lipinski definition) is 1. The Hall–Kier alpha value is -4.36. The van der Waals surface area contributed by atoms with Gasteiger partial charge < -0.3 is 15.0 Å². The molecule has 0 radical (unpaired) electrons. The molecule has 1 amide bonds. The van der Waals surface area contributed by atoms with E-state index in [4.69, 9.17) is 4.74 Å². The van der Waals surface area contributed by atoms with Gasteiger partial charge in [-0.1, -0.05) is 24.3 Å². The van der Waals surface area contributed by atoms with Gasteiger partial charge in [0.25, 0.3) is 0 Å². The number of benzene rings is 2. The number of amides is 1. The number of ether oxygens (including phenoxy) is 1. The smallest absolute Gasteiger partial charge is 0.221 e. The first-order valence-corrected chi connectivity index (χ1v) is 12.1. The van der Waals surface area contributed by atoms with Crippen molar-refractivity contribution in [2.45, 2.75) is 20.8 Å². The number of carbonyl (C=O) groups is 3. The summed E-state index contributed by atoms with van der Waals surface area (Å²) in [6, 6.07) is 11.9. The van der Waals surface area contributed by atoms with E-state index in [9.17, 15) is 19.6 Å². The summed E-state index contributed by atoms with van der Waals surface area (Å²) in [7, 11) is 1.54. The maximum Gasteiger partial charge on any atom is 0.221 e. The Kier molecular flexibility index (Phi) is 6.94. The van der Waals surface area contributed by atoms with E-state index >= 15 is 0 Å². The molecule has 1 heterocycles. The van der Waals surface area contributed by atoms with Gasteiger partial charge in [-0.05, 0) is 19.9 Å². The molecule has 36 heavy (non-hydrogen) atoms. The molecule has 0 spiro atoms.